The number of allylic oxidation sites excluding steroid dienone is 1. The second-order valence-electron chi connectivity index (χ2n) is 2.45. The summed E-state index contributed by atoms with van der Waals surface area (Å²) in [5.74, 6) is 0.849. The van der Waals surface area contributed by atoms with E-state index in [1.807, 2.05) is 43.3 Å². The predicted molar refractivity (Wildman–Crippen MR) is 51.2 cm³/mol. The number of nitrogen functional groups attached to an aromatic ring is 1. The summed E-state index contributed by atoms with van der Waals surface area (Å²) in [5, 5.41) is 0. The second kappa shape index (κ2) is 4.44. The highest BCUT2D eigenvalue weighted by atomic mass is 16.5. The van der Waals surface area contributed by atoms with Crippen molar-refractivity contribution in [2.75, 3.05) is 12.3 Å². The van der Waals surface area contributed by atoms with E-state index in [2.05, 4.69) is 0 Å². The number of nitrogens with two attached hydrogens (primary N) is 1. The van der Waals surface area contributed by atoms with Crippen LogP contribution in [0.15, 0.2) is 36.4 Å². The largest absolute Gasteiger partial charge is 0.490 e. The highest BCUT2D eigenvalue weighted by molar-refractivity contribution is 5.41. The fourth-order valence-electron chi connectivity index (χ4n) is 0.805. The molecule has 0 radical (unpaired) electrons. The molecule has 0 aliphatic rings. The molecule has 2 heteroatoms. The summed E-state index contributed by atoms with van der Waals surface area (Å²) in [6.07, 6.45) is 3.91. The Hall–Kier alpha value is -1.44. The lowest BCUT2D eigenvalue weighted by Crippen LogP contribution is -1.93. The molecule has 0 unspecified atom stereocenters. The van der Waals surface area contributed by atoms with Crippen LogP contribution in [0.1, 0.15) is 6.92 Å². The summed E-state index contributed by atoms with van der Waals surface area (Å²) in [4.78, 5) is 0. The lowest BCUT2D eigenvalue weighted by molar-refractivity contribution is 0.363. The van der Waals surface area contributed by atoms with Gasteiger partial charge in [0.1, 0.15) is 12.4 Å². The Balaban J connectivity index is 2.47. The summed E-state index contributed by atoms with van der Waals surface area (Å²) in [5.41, 5.74) is 6.27. The third-order valence-corrected chi connectivity index (χ3v) is 1.46. The fraction of sp³-hybridized carbons (Fsp3) is 0.200. The Bertz CT molecular complexity index is 251. The monoisotopic (exact) mass is 163 g/mol. The van der Waals surface area contributed by atoms with Crippen LogP contribution >= 0.6 is 0 Å². The van der Waals surface area contributed by atoms with Gasteiger partial charge in [0.2, 0.25) is 0 Å². The van der Waals surface area contributed by atoms with E-state index in [0.717, 1.165) is 11.4 Å². The molecule has 0 saturated heterocycles. The van der Waals surface area contributed by atoms with Gasteiger partial charge in [-0.2, -0.15) is 0 Å². The van der Waals surface area contributed by atoms with Crippen LogP contribution in [0.5, 0.6) is 5.75 Å². The number of hydrogen-bond acceptors (Lipinski definition) is 2. The number of rotatable bonds is 3. The normalized spacial score (nSPS) is 10.4. The molecule has 1 rings (SSSR count). The first-order chi connectivity index (χ1) is 5.83. The SMILES string of the molecule is C/C=C/COc1ccc(N)cc1. The van der Waals surface area contributed by atoms with Crippen molar-refractivity contribution in [1.82, 2.24) is 0 Å². The smallest absolute Gasteiger partial charge is 0.119 e. The van der Waals surface area contributed by atoms with Crippen LogP contribution in [0.4, 0.5) is 5.69 Å². The van der Waals surface area contributed by atoms with E-state index in [1.165, 1.54) is 0 Å². The molecule has 0 bridgehead atoms. The number of hydrogen-bond donors (Lipinski definition) is 1. The third-order valence-electron chi connectivity index (χ3n) is 1.46. The highest BCUT2D eigenvalue weighted by Gasteiger charge is 1.89. The molecular weight excluding hydrogens is 150 g/mol. The molecule has 0 atom stereocenters. The predicted octanol–water partition coefficient (Wildman–Crippen LogP) is 2.22. The van der Waals surface area contributed by atoms with E-state index < -0.39 is 0 Å². The molecule has 0 fully saturated rings. The van der Waals surface area contributed by atoms with Gasteiger partial charge in [-0.1, -0.05) is 12.2 Å². The van der Waals surface area contributed by atoms with Crippen molar-refractivity contribution in [3.63, 3.8) is 0 Å². The van der Waals surface area contributed by atoms with Gasteiger partial charge in [-0.15, -0.1) is 0 Å². The standard InChI is InChI=1S/C10H13NO/c1-2-3-8-12-10-6-4-9(11)5-7-10/h2-7H,8,11H2,1H3/b3-2+. The Labute approximate surface area is 72.7 Å². The van der Waals surface area contributed by atoms with Gasteiger partial charge in [0.15, 0.2) is 0 Å². The molecule has 1 aromatic carbocycles. The summed E-state index contributed by atoms with van der Waals surface area (Å²) in [7, 11) is 0. The second-order valence-corrected chi connectivity index (χ2v) is 2.45. The lowest BCUT2D eigenvalue weighted by atomic mass is 10.3. The van der Waals surface area contributed by atoms with Crippen LogP contribution < -0.4 is 10.5 Å². The average Bonchev–Trinajstić information content (AvgIpc) is 2.09. The van der Waals surface area contributed by atoms with E-state index in [9.17, 15) is 0 Å². The van der Waals surface area contributed by atoms with Gasteiger partial charge in [0.05, 0.1) is 0 Å². The molecule has 0 heterocycles. The summed E-state index contributed by atoms with van der Waals surface area (Å²) >= 11 is 0. The highest BCUT2D eigenvalue weighted by Crippen LogP contribution is 2.12. The molecule has 2 N–H and O–H groups in total. The van der Waals surface area contributed by atoms with Gasteiger partial charge in [-0.3, -0.25) is 0 Å². The number of ether oxygens (including phenoxy) is 1. The molecule has 0 aliphatic heterocycles. The zero-order valence-electron chi connectivity index (χ0n) is 7.16. The zero-order valence-corrected chi connectivity index (χ0v) is 7.16. The summed E-state index contributed by atoms with van der Waals surface area (Å²) in [6.45, 7) is 2.58. The Morgan fingerprint density at radius 2 is 2.00 bits per heavy atom. The van der Waals surface area contributed by atoms with Gasteiger partial charge in [0.25, 0.3) is 0 Å². The van der Waals surface area contributed by atoms with Crippen LogP contribution in [-0.4, -0.2) is 6.61 Å². The molecule has 0 spiro atoms. The minimum absolute atomic E-state index is 0.612. The van der Waals surface area contributed by atoms with E-state index in [4.69, 9.17) is 10.5 Å². The van der Waals surface area contributed by atoms with Crippen molar-refractivity contribution in [3.8, 4) is 5.75 Å². The van der Waals surface area contributed by atoms with Crippen LogP contribution in [0.2, 0.25) is 0 Å². The van der Waals surface area contributed by atoms with Crippen LogP contribution in [0.3, 0.4) is 0 Å². The number of benzene rings is 1. The minimum atomic E-state index is 0.612. The van der Waals surface area contributed by atoms with Gasteiger partial charge in [0, 0.05) is 5.69 Å². The van der Waals surface area contributed by atoms with E-state index >= 15 is 0 Å². The first-order valence-corrected chi connectivity index (χ1v) is 3.92. The minimum Gasteiger partial charge on any atom is -0.490 e. The van der Waals surface area contributed by atoms with Crippen molar-refractivity contribution in [3.05, 3.63) is 36.4 Å². The molecule has 0 amide bonds. The van der Waals surface area contributed by atoms with Crippen molar-refractivity contribution in [1.29, 1.82) is 0 Å². The Morgan fingerprint density at radius 1 is 1.33 bits per heavy atom. The van der Waals surface area contributed by atoms with Crippen LogP contribution in [0.25, 0.3) is 0 Å². The Morgan fingerprint density at radius 3 is 2.58 bits per heavy atom. The van der Waals surface area contributed by atoms with Gasteiger partial charge >= 0.3 is 0 Å². The fourth-order valence-corrected chi connectivity index (χ4v) is 0.805. The maximum absolute atomic E-state index is 5.51. The van der Waals surface area contributed by atoms with Gasteiger partial charge < -0.3 is 10.5 Å². The zero-order chi connectivity index (χ0) is 8.81. The summed E-state index contributed by atoms with van der Waals surface area (Å²) in [6, 6.07) is 7.37. The first-order valence-electron chi connectivity index (χ1n) is 3.92. The maximum Gasteiger partial charge on any atom is 0.119 e. The summed E-state index contributed by atoms with van der Waals surface area (Å²) < 4.78 is 5.36. The van der Waals surface area contributed by atoms with Gasteiger partial charge in [-0.05, 0) is 31.2 Å². The molecule has 0 aliphatic carbocycles. The van der Waals surface area contributed by atoms with Crippen LogP contribution in [-0.2, 0) is 0 Å². The van der Waals surface area contributed by atoms with Crippen molar-refractivity contribution in [2.24, 2.45) is 0 Å². The first kappa shape index (κ1) is 8.65. The van der Waals surface area contributed by atoms with E-state index in [1.54, 1.807) is 0 Å². The molecule has 2 nitrogen and oxygen atoms in total. The molecule has 12 heavy (non-hydrogen) atoms. The van der Waals surface area contributed by atoms with E-state index in [0.29, 0.717) is 6.61 Å². The number of anilines is 1. The molecule has 0 aromatic heterocycles. The van der Waals surface area contributed by atoms with Crippen molar-refractivity contribution >= 4 is 5.69 Å². The average molecular weight is 163 g/mol. The van der Waals surface area contributed by atoms with Gasteiger partial charge in [-0.25, -0.2) is 0 Å². The third kappa shape index (κ3) is 2.66. The molecular formula is C10H13NO. The molecule has 64 valence electrons. The lowest BCUT2D eigenvalue weighted by Gasteiger charge is -2.02. The Kier molecular flexibility index (Phi) is 3.20. The molecule has 1 aromatic rings. The maximum atomic E-state index is 5.51. The topological polar surface area (TPSA) is 35.2 Å². The van der Waals surface area contributed by atoms with Crippen molar-refractivity contribution in [2.45, 2.75) is 6.92 Å². The van der Waals surface area contributed by atoms with Crippen LogP contribution in [0, 0.1) is 0 Å². The van der Waals surface area contributed by atoms with Crippen molar-refractivity contribution < 1.29 is 4.74 Å². The van der Waals surface area contributed by atoms with E-state index in [-0.39, 0.29) is 0 Å². The molecule has 0 saturated carbocycles. The quantitative estimate of drug-likeness (QED) is 0.547.